The monoisotopic (exact) mass is 260 g/mol. The van der Waals surface area contributed by atoms with Crippen molar-refractivity contribution in [3.05, 3.63) is 11.4 Å². The first-order valence-corrected chi connectivity index (χ1v) is 7.08. The molecule has 1 heterocycles. The van der Waals surface area contributed by atoms with Crippen molar-refractivity contribution in [3.8, 4) is 0 Å². The molecule has 1 rings (SSSR count). The van der Waals surface area contributed by atoms with E-state index in [4.69, 9.17) is 5.73 Å². The van der Waals surface area contributed by atoms with Gasteiger partial charge in [0.2, 0.25) is 10.0 Å². The highest BCUT2D eigenvalue weighted by atomic mass is 32.2. The first kappa shape index (κ1) is 14.1. The second-order valence-corrected chi connectivity index (χ2v) is 6.00. The van der Waals surface area contributed by atoms with E-state index in [1.807, 2.05) is 6.92 Å². The zero-order chi connectivity index (χ0) is 13.1. The minimum atomic E-state index is -3.48. The number of aryl methyl sites for hydroxylation is 2. The molecule has 1 unspecified atom stereocenters. The summed E-state index contributed by atoms with van der Waals surface area (Å²) < 4.78 is 26.7. The van der Waals surface area contributed by atoms with Crippen LogP contribution in [0, 0.1) is 19.8 Å². The zero-order valence-corrected chi connectivity index (χ0v) is 11.3. The van der Waals surface area contributed by atoms with E-state index < -0.39 is 10.0 Å². The van der Waals surface area contributed by atoms with Gasteiger partial charge < -0.3 is 5.73 Å². The van der Waals surface area contributed by atoms with Gasteiger partial charge in [-0.25, -0.2) is 13.1 Å². The molecular weight excluding hydrogens is 240 g/mol. The average molecular weight is 260 g/mol. The maximum absolute atomic E-state index is 12.0. The summed E-state index contributed by atoms with van der Waals surface area (Å²) in [5.41, 5.74) is 6.46. The lowest BCUT2D eigenvalue weighted by Gasteiger charge is -2.11. The van der Waals surface area contributed by atoms with Gasteiger partial charge in [-0.15, -0.1) is 0 Å². The lowest BCUT2D eigenvalue weighted by Crippen LogP contribution is -2.30. The number of aromatic amines is 1. The van der Waals surface area contributed by atoms with Gasteiger partial charge >= 0.3 is 0 Å². The van der Waals surface area contributed by atoms with Crippen molar-refractivity contribution >= 4 is 10.0 Å². The minimum absolute atomic E-state index is 0.224. The third-order valence-electron chi connectivity index (χ3n) is 2.61. The van der Waals surface area contributed by atoms with Gasteiger partial charge in [0, 0.05) is 6.54 Å². The lowest BCUT2D eigenvalue weighted by molar-refractivity contribution is 0.515. The van der Waals surface area contributed by atoms with Crippen LogP contribution in [0.2, 0.25) is 0 Å². The molecule has 1 atom stereocenters. The first-order chi connectivity index (χ1) is 7.88. The molecule has 4 N–H and O–H groups in total. The van der Waals surface area contributed by atoms with Crippen molar-refractivity contribution in [2.24, 2.45) is 11.7 Å². The summed E-state index contributed by atoms with van der Waals surface area (Å²) in [7, 11) is -3.48. The standard InChI is InChI=1S/C10H20N4O2S/c1-7(4-5-11)6-12-17(15,16)10-8(2)13-14-9(10)3/h7,12H,4-6,11H2,1-3H3,(H,13,14). The van der Waals surface area contributed by atoms with Crippen LogP contribution in [-0.2, 0) is 10.0 Å². The summed E-state index contributed by atoms with van der Waals surface area (Å²) >= 11 is 0. The molecule has 0 amide bonds. The Morgan fingerprint density at radius 2 is 2.12 bits per heavy atom. The number of hydrogen-bond acceptors (Lipinski definition) is 4. The van der Waals surface area contributed by atoms with E-state index in [1.54, 1.807) is 13.8 Å². The normalized spacial score (nSPS) is 13.9. The van der Waals surface area contributed by atoms with Crippen molar-refractivity contribution in [2.45, 2.75) is 32.1 Å². The Labute approximate surface area is 102 Å². The molecule has 17 heavy (non-hydrogen) atoms. The van der Waals surface area contributed by atoms with E-state index >= 15 is 0 Å². The summed E-state index contributed by atoms with van der Waals surface area (Å²) in [6.07, 6.45) is 0.797. The minimum Gasteiger partial charge on any atom is -0.330 e. The van der Waals surface area contributed by atoms with Gasteiger partial charge in [0.15, 0.2) is 0 Å². The van der Waals surface area contributed by atoms with E-state index in [1.165, 1.54) is 0 Å². The molecule has 98 valence electrons. The van der Waals surface area contributed by atoms with Crippen molar-refractivity contribution in [1.82, 2.24) is 14.9 Å². The quantitative estimate of drug-likeness (QED) is 0.684. The van der Waals surface area contributed by atoms with Crippen LogP contribution in [0.15, 0.2) is 4.90 Å². The van der Waals surface area contributed by atoms with Gasteiger partial charge in [-0.3, -0.25) is 5.10 Å². The summed E-state index contributed by atoms with van der Waals surface area (Å²) in [4.78, 5) is 0.248. The second kappa shape index (κ2) is 5.61. The van der Waals surface area contributed by atoms with Gasteiger partial charge in [-0.05, 0) is 32.7 Å². The van der Waals surface area contributed by atoms with Gasteiger partial charge in [0.25, 0.3) is 0 Å². The second-order valence-electron chi connectivity index (χ2n) is 4.30. The van der Waals surface area contributed by atoms with Crippen LogP contribution in [0.25, 0.3) is 0 Å². The largest absolute Gasteiger partial charge is 0.330 e. The molecule has 0 spiro atoms. The van der Waals surface area contributed by atoms with E-state index in [-0.39, 0.29) is 10.8 Å². The van der Waals surface area contributed by atoms with Crippen molar-refractivity contribution in [3.63, 3.8) is 0 Å². The first-order valence-electron chi connectivity index (χ1n) is 5.59. The Bertz CT molecular complexity index is 447. The number of nitrogens with zero attached hydrogens (tertiary/aromatic N) is 1. The fraction of sp³-hybridized carbons (Fsp3) is 0.700. The third-order valence-corrected chi connectivity index (χ3v) is 4.30. The van der Waals surface area contributed by atoms with Gasteiger partial charge in [-0.1, -0.05) is 6.92 Å². The van der Waals surface area contributed by atoms with Crippen molar-refractivity contribution < 1.29 is 8.42 Å². The maximum atomic E-state index is 12.0. The molecule has 1 aromatic heterocycles. The molecule has 0 aliphatic rings. The zero-order valence-electron chi connectivity index (χ0n) is 10.4. The number of hydrogen-bond donors (Lipinski definition) is 3. The topological polar surface area (TPSA) is 101 Å². The molecule has 0 radical (unpaired) electrons. The molecule has 0 saturated heterocycles. The van der Waals surface area contributed by atoms with Crippen LogP contribution in [0.5, 0.6) is 0 Å². The van der Waals surface area contributed by atoms with E-state index in [0.29, 0.717) is 24.5 Å². The smallest absolute Gasteiger partial charge is 0.244 e. The Balaban J connectivity index is 2.76. The molecule has 0 aliphatic carbocycles. The predicted molar refractivity (Wildman–Crippen MR) is 66.1 cm³/mol. The van der Waals surface area contributed by atoms with Crippen LogP contribution >= 0.6 is 0 Å². The number of aromatic nitrogens is 2. The highest BCUT2D eigenvalue weighted by Gasteiger charge is 2.22. The van der Waals surface area contributed by atoms with Crippen LogP contribution in [-0.4, -0.2) is 31.7 Å². The summed E-state index contributed by atoms with van der Waals surface area (Å²) in [5.74, 6) is 0.224. The molecule has 0 fully saturated rings. The molecule has 0 saturated carbocycles. The van der Waals surface area contributed by atoms with Crippen LogP contribution in [0.4, 0.5) is 0 Å². The van der Waals surface area contributed by atoms with Crippen LogP contribution in [0.1, 0.15) is 24.7 Å². The Morgan fingerprint density at radius 3 is 2.59 bits per heavy atom. The summed E-state index contributed by atoms with van der Waals surface area (Å²) in [5, 5.41) is 6.55. The molecular formula is C10H20N4O2S. The maximum Gasteiger partial charge on any atom is 0.244 e. The van der Waals surface area contributed by atoms with E-state index in [9.17, 15) is 8.42 Å². The molecule has 7 heteroatoms. The molecule has 0 bridgehead atoms. The number of rotatable bonds is 6. The van der Waals surface area contributed by atoms with Crippen LogP contribution < -0.4 is 10.5 Å². The Morgan fingerprint density at radius 1 is 1.47 bits per heavy atom. The highest BCUT2D eigenvalue weighted by molar-refractivity contribution is 7.89. The Hall–Kier alpha value is -0.920. The highest BCUT2D eigenvalue weighted by Crippen LogP contribution is 2.16. The number of sulfonamides is 1. The number of H-pyrrole nitrogens is 1. The van der Waals surface area contributed by atoms with E-state index in [0.717, 1.165) is 6.42 Å². The summed E-state index contributed by atoms with van der Waals surface area (Å²) in [6, 6.07) is 0. The lowest BCUT2D eigenvalue weighted by atomic mass is 10.1. The molecule has 0 aliphatic heterocycles. The fourth-order valence-corrected chi connectivity index (χ4v) is 3.18. The van der Waals surface area contributed by atoms with Gasteiger partial charge in [0.1, 0.15) is 4.90 Å². The average Bonchev–Trinajstić information content (AvgIpc) is 2.57. The summed E-state index contributed by atoms with van der Waals surface area (Å²) in [6.45, 7) is 6.28. The predicted octanol–water partition coefficient (Wildman–Crippen LogP) is 0.290. The van der Waals surface area contributed by atoms with Gasteiger partial charge in [-0.2, -0.15) is 5.10 Å². The van der Waals surface area contributed by atoms with Crippen molar-refractivity contribution in [1.29, 1.82) is 0 Å². The molecule has 1 aromatic rings. The SMILES string of the molecule is Cc1n[nH]c(C)c1S(=O)(=O)NCC(C)CCN. The van der Waals surface area contributed by atoms with Crippen molar-refractivity contribution in [2.75, 3.05) is 13.1 Å². The third kappa shape index (κ3) is 3.52. The van der Waals surface area contributed by atoms with Gasteiger partial charge in [0.05, 0.1) is 11.4 Å². The number of nitrogens with two attached hydrogens (primary N) is 1. The molecule has 6 nitrogen and oxygen atoms in total. The number of nitrogens with one attached hydrogen (secondary N) is 2. The molecule has 0 aromatic carbocycles. The van der Waals surface area contributed by atoms with Crippen LogP contribution in [0.3, 0.4) is 0 Å². The van der Waals surface area contributed by atoms with E-state index in [2.05, 4.69) is 14.9 Å². The Kier molecular flexibility index (Phi) is 4.67. The fourth-order valence-electron chi connectivity index (χ4n) is 1.65.